The van der Waals surface area contributed by atoms with Crippen LogP contribution in [0.5, 0.6) is 0 Å². The van der Waals surface area contributed by atoms with Gasteiger partial charge in [-0.25, -0.2) is 9.69 Å². The highest BCUT2D eigenvalue weighted by Crippen LogP contribution is 2.38. The Balaban J connectivity index is 2.54. The number of Topliss-reactive ketones (excluding diaryl/α,β-unsaturated/α-hetero) is 1. The van der Waals surface area contributed by atoms with Gasteiger partial charge < -0.3 is 10.1 Å². The molecular weight excluding hydrogens is 406 g/mol. The van der Waals surface area contributed by atoms with Crippen molar-refractivity contribution in [3.8, 4) is 0 Å². The fourth-order valence-electron chi connectivity index (χ4n) is 2.64. The van der Waals surface area contributed by atoms with Gasteiger partial charge in [-0.3, -0.25) is 24.5 Å². The summed E-state index contributed by atoms with van der Waals surface area (Å²) in [5.41, 5.74) is -3.21. The summed E-state index contributed by atoms with van der Waals surface area (Å²) in [7, 11) is 0. The standard InChI is InChI=1S/C18H20ClN3O7/c1-16(2,3)12(23)18(19,21-14(25)17(4,5)29-15(21)26)13(24)20-10-7-6-8-11(9-10)22(27)28/h6-9H,1-5H3,(H,20,24). The molecule has 1 aromatic rings. The number of cyclic esters (lactones) is 1. The van der Waals surface area contributed by atoms with Gasteiger partial charge in [-0.1, -0.05) is 38.4 Å². The third kappa shape index (κ3) is 3.93. The monoisotopic (exact) mass is 425 g/mol. The highest BCUT2D eigenvalue weighted by atomic mass is 35.5. The first kappa shape index (κ1) is 22.3. The van der Waals surface area contributed by atoms with Gasteiger partial charge in [0.2, 0.25) is 0 Å². The number of ether oxygens (including phenoxy) is 1. The number of nitrogens with one attached hydrogen (secondary N) is 1. The fourth-order valence-corrected chi connectivity index (χ4v) is 3.12. The first-order valence-corrected chi connectivity index (χ1v) is 8.87. The lowest BCUT2D eigenvalue weighted by atomic mass is 9.84. The van der Waals surface area contributed by atoms with Gasteiger partial charge >= 0.3 is 6.09 Å². The number of carbonyl (C=O) groups excluding carboxylic acids is 4. The van der Waals surface area contributed by atoms with Crippen molar-refractivity contribution in [1.82, 2.24) is 4.90 Å². The molecule has 0 bridgehead atoms. The van der Waals surface area contributed by atoms with Crippen molar-refractivity contribution in [2.45, 2.75) is 45.2 Å². The number of halogens is 1. The average Bonchev–Trinajstić information content (AvgIpc) is 2.80. The summed E-state index contributed by atoms with van der Waals surface area (Å²) >= 11 is 6.41. The second-order valence-electron chi connectivity index (χ2n) is 7.98. The molecule has 1 atom stereocenters. The van der Waals surface area contributed by atoms with Crippen molar-refractivity contribution in [2.24, 2.45) is 5.41 Å². The summed E-state index contributed by atoms with van der Waals surface area (Å²) in [4.78, 5) is 59.0. The Kier molecular flexibility index (Phi) is 5.46. The minimum absolute atomic E-state index is 0.0461. The van der Waals surface area contributed by atoms with Crippen LogP contribution in [0.3, 0.4) is 0 Å². The van der Waals surface area contributed by atoms with E-state index in [1.54, 1.807) is 0 Å². The Morgan fingerprint density at radius 2 is 1.83 bits per heavy atom. The van der Waals surface area contributed by atoms with Gasteiger partial charge in [0, 0.05) is 23.2 Å². The number of ketones is 1. The lowest BCUT2D eigenvalue weighted by Crippen LogP contribution is -2.63. The molecule has 1 aliphatic heterocycles. The van der Waals surface area contributed by atoms with E-state index in [0.29, 0.717) is 0 Å². The zero-order chi connectivity index (χ0) is 22.4. The highest BCUT2D eigenvalue weighted by Gasteiger charge is 2.63. The number of carbonyl (C=O) groups is 4. The van der Waals surface area contributed by atoms with Gasteiger partial charge in [-0.2, -0.15) is 0 Å². The molecule has 0 aliphatic carbocycles. The van der Waals surface area contributed by atoms with Crippen LogP contribution in [0.4, 0.5) is 16.2 Å². The lowest BCUT2D eigenvalue weighted by molar-refractivity contribution is -0.384. The summed E-state index contributed by atoms with van der Waals surface area (Å²) in [6.45, 7) is 6.98. The zero-order valence-corrected chi connectivity index (χ0v) is 17.2. The van der Waals surface area contributed by atoms with Crippen molar-refractivity contribution in [1.29, 1.82) is 0 Å². The Morgan fingerprint density at radius 3 is 2.28 bits per heavy atom. The largest absolute Gasteiger partial charge is 0.433 e. The Hall–Kier alpha value is -3.01. The van der Waals surface area contributed by atoms with Crippen LogP contribution < -0.4 is 5.32 Å². The molecule has 1 N–H and O–H groups in total. The van der Waals surface area contributed by atoms with Gasteiger partial charge in [0.05, 0.1) is 4.92 Å². The number of nitro benzene ring substituents is 1. The predicted molar refractivity (Wildman–Crippen MR) is 102 cm³/mol. The van der Waals surface area contributed by atoms with Gasteiger partial charge in [-0.15, -0.1) is 0 Å². The van der Waals surface area contributed by atoms with E-state index in [2.05, 4.69) is 5.32 Å². The number of hydrogen-bond acceptors (Lipinski definition) is 7. The molecule has 0 aromatic heterocycles. The van der Waals surface area contributed by atoms with Crippen LogP contribution in [0, 0.1) is 15.5 Å². The Morgan fingerprint density at radius 1 is 1.24 bits per heavy atom. The quantitative estimate of drug-likeness (QED) is 0.252. The summed E-state index contributed by atoms with van der Waals surface area (Å²) in [5, 5.41) is 13.2. The number of amides is 3. The molecule has 3 amide bonds. The smallest absolute Gasteiger partial charge is 0.420 e. The minimum Gasteiger partial charge on any atom is -0.433 e. The van der Waals surface area contributed by atoms with Crippen molar-refractivity contribution in [2.75, 3.05) is 5.32 Å². The number of nitrogens with zero attached hydrogens (tertiary/aromatic N) is 2. The SMILES string of the molecule is CC(C)(C)C(=O)C(Cl)(C(=O)Nc1cccc([N+](=O)[O-])c1)N1C(=O)OC(C)(C)C1=O. The van der Waals surface area contributed by atoms with E-state index in [-0.39, 0.29) is 16.3 Å². The maximum atomic E-state index is 13.1. The van der Waals surface area contributed by atoms with Gasteiger partial charge in [0.15, 0.2) is 11.4 Å². The van der Waals surface area contributed by atoms with Gasteiger partial charge in [0.25, 0.3) is 22.5 Å². The number of alkyl halides is 1. The molecule has 10 nitrogen and oxygen atoms in total. The molecule has 2 rings (SSSR count). The molecule has 1 heterocycles. The molecule has 1 aliphatic rings. The number of rotatable bonds is 5. The molecular formula is C18H20ClN3O7. The van der Waals surface area contributed by atoms with Crippen molar-refractivity contribution in [3.05, 3.63) is 34.4 Å². The molecule has 1 aromatic carbocycles. The molecule has 0 saturated carbocycles. The van der Waals surface area contributed by atoms with Crippen LogP contribution in [-0.2, 0) is 19.1 Å². The van der Waals surface area contributed by atoms with Crippen LogP contribution in [0.15, 0.2) is 24.3 Å². The van der Waals surface area contributed by atoms with Crippen LogP contribution in [0.25, 0.3) is 0 Å². The average molecular weight is 426 g/mol. The van der Waals surface area contributed by atoms with E-state index >= 15 is 0 Å². The summed E-state index contributed by atoms with van der Waals surface area (Å²) < 4.78 is 4.97. The summed E-state index contributed by atoms with van der Waals surface area (Å²) in [6, 6.07) is 4.89. The van der Waals surface area contributed by atoms with E-state index in [0.717, 1.165) is 6.07 Å². The van der Waals surface area contributed by atoms with E-state index in [1.807, 2.05) is 0 Å². The number of benzene rings is 1. The zero-order valence-electron chi connectivity index (χ0n) is 16.4. The number of hydrogen-bond donors (Lipinski definition) is 1. The summed E-state index contributed by atoms with van der Waals surface area (Å²) in [6.07, 6.45) is -1.25. The molecule has 29 heavy (non-hydrogen) atoms. The summed E-state index contributed by atoms with van der Waals surface area (Å²) in [5.74, 6) is -3.12. The topological polar surface area (TPSA) is 136 Å². The van der Waals surface area contributed by atoms with Crippen molar-refractivity contribution < 1.29 is 28.8 Å². The van der Waals surface area contributed by atoms with Crippen molar-refractivity contribution in [3.63, 3.8) is 0 Å². The van der Waals surface area contributed by atoms with E-state index in [4.69, 9.17) is 16.3 Å². The first-order valence-electron chi connectivity index (χ1n) is 8.49. The molecule has 11 heteroatoms. The third-order valence-corrected chi connectivity index (χ3v) is 4.66. The van der Waals surface area contributed by atoms with E-state index in [9.17, 15) is 29.3 Å². The highest BCUT2D eigenvalue weighted by molar-refractivity contribution is 6.50. The third-order valence-electron chi connectivity index (χ3n) is 4.15. The number of imide groups is 1. The number of anilines is 1. The normalized spacial score (nSPS) is 18.1. The van der Waals surface area contributed by atoms with Crippen LogP contribution in [-0.4, -0.2) is 44.1 Å². The maximum absolute atomic E-state index is 13.1. The first-order chi connectivity index (χ1) is 13.1. The van der Waals surface area contributed by atoms with Crippen molar-refractivity contribution >= 4 is 46.7 Å². The molecule has 1 unspecified atom stereocenters. The molecule has 156 valence electrons. The molecule has 0 radical (unpaired) electrons. The number of nitro groups is 1. The predicted octanol–water partition coefficient (Wildman–Crippen LogP) is 2.84. The van der Waals surface area contributed by atoms with Crippen LogP contribution in [0.2, 0.25) is 0 Å². The minimum atomic E-state index is -2.76. The number of non-ortho nitro benzene ring substituents is 1. The van der Waals surface area contributed by atoms with Crippen LogP contribution >= 0.6 is 11.6 Å². The second-order valence-corrected chi connectivity index (χ2v) is 8.53. The Labute approximate surface area is 171 Å². The van der Waals surface area contributed by atoms with Gasteiger partial charge in [-0.05, 0) is 19.9 Å². The fraction of sp³-hybridized carbons (Fsp3) is 0.444. The maximum Gasteiger partial charge on any atom is 0.420 e. The lowest BCUT2D eigenvalue weighted by Gasteiger charge is -2.35. The second kappa shape index (κ2) is 7.11. The van der Waals surface area contributed by atoms with E-state index < -0.39 is 44.6 Å². The molecule has 0 spiro atoms. The van der Waals surface area contributed by atoms with Gasteiger partial charge in [0.1, 0.15) is 0 Å². The molecule has 1 fully saturated rings. The molecule has 1 saturated heterocycles. The van der Waals surface area contributed by atoms with Crippen LogP contribution in [0.1, 0.15) is 34.6 Å². The Bertz CT molecular complexity index is 922. The van der Waals surface area contributed by atoms with E-state index in [1.165, 1.54) is 52.8 Å².